The molecule has 0 bridgehead atoms. The van der Waals surface area contributed by atoms with Crippen molar-refractivity contribution in [2.75, 3.05) is 0 Å². The van der Waals surface area contributed by atoms with E-state index in [1.54, 1.807) is 0 Å². The van der Waals surface area contributed by atoms with Gasteiger partial charge in [0, 0.05) is 23.9 Å². The predicted octanol–water partition coefficient (Wildman–Crippen LogP) is 5.82. The topological polar surface area (TPSA) is 32.3 Å². The van der Waals surface area contributed by atoms with Gasteiger partial charge in [0.05, 0.1) is 5.60 Å². The normalized spacial score (nSPS) is 30.8. The second-order valence-corrected chi connectivity index (χ2v) is 8.25. The summed E-state index contributed by atoms with van der Waals surface area (Å²) in [5.41, 5.74) is 2.75. The summed E-state index contributed by atoms with van der Waals surface area (Å²) >= 11 is 0. The monoisotopic (exact) mass is 363 g/mol. The van der Waals surface area contributed by atoms with Gasteiger partial charge in [0.1, 0.15) is 0 Å². The highest BCUT2D eigenvalue weighted by atomic mass is 16.3. The zero-order valence-corrected chi connectivity index (χ0v) is 16.9. The molecular formula is C25H33NO. The van der Waals surface area contributed by atoms with Gasteiger partial charge in [0.15, 0.2) is 0 Å². The number of nitrogens with one attached hydrogen (secondary N) is 1. The molecule has 0 amide bonds. The molecule has 0 unspecified atom stereocenters. The number of hydrogen-bond donors (Lipinski definition) is 2. The zero-order valence-electron chi connectivity index (χ0n) is 16.9. The number of hydrogen-bond acceptors (Lipinski definition) is 2. The van der Waals surface area contributed by atoms with E-state index in [2.05, 4.69) is 80.3 Å². The highest BCUT2D eigenvalue weighted by Crippen LogP contribution is 2.50. The molecule has 5 atom stereocenters. The van der Waals surface area contributed by atoms with Gasteiger partial charge in [-0.3, -0.25) is 0 Å². The van der Waals surface area contributed by atoms with E-state index in [1.807, 2.05) is 13.0 Å². The molecule has 144 valence electrons. The molecule has 0 aliphatic carbocycles. The van der Waals surface area contributed by atoms with E-state index in [-0.39, 0.29) is 23.9 Å². The Labute approximate surface area is 164 Å². The number of aliphatic hydroxyl groups is 1. The fourth-order valence-corrected chi connectivity index (χ4v) is 4.91. The molecule has 1 heterocycles. The molecule has 27 heavy (non-hydrogen) atoms. The van der Waals surface area contributed by atoms with Gasteiger partial charge < -0.3 is 10.4 Å². The molecule has 1 aliphatic rings. The first-order valence-corrected chi connectivity index (χ1v) is 10.2. The molecule has 2 heteroatoms. The van der Waals surface area contributed by atoms with E-state index in [1.165, 1.54) is 11.1 Å². The average Bonchev–Trinajstić information content (AvgIpc) is 2.67. The number of benzene rings is 2. The van der Waals surface area contributed by atoms with Crippen molar-refractivity contribution in [2.24, 2.45) is 11.8 Å². The van der Waals surface area contributed by atoms with Gasteiger partial charge in [0.25, 0.3) is 0 Å². The van der Waals surface area contributed by atoms with Crippen LogP contribution in [-0.2, 0) is 0 Å². The summed E-state index contributed by atoms with van der Waals surface area (Å²) in [6.45, 7) is 10.6. The summed E-state index contributed by atoms with van der Waals surface area (Å²) in [6.07, 6.45) is 2.69. The van der Waals surface area contributed by atoms with Crippen LogP contribution in [0, 0.1) is 11.8 Å². The van der Waals surface area contributed by atoms with Crippen molar-refractivity contribution in [3.05, 3.63) is 83.9 Å². The predicted molar refractivity (Wildman–Crippen MR) is 113 cm³/mol. The van der Waals surface area contributed by atoms with Crippen LogP contribution in [-0.4, -0.2) is 10.7 Å². The highest BCUT2D eigenvalue weighted by Gasteiger charge is 2.52. The molecule has 2 nitrogen and oxygen atoms in total. The Morgan fingerprint density at radius 3 is 2.00 bits per heavy atom. The van der Waals surface area contributed by atoms with Crippen LogP contribution in [0.25, 0.3) is 0 Å². The van der Waals surface area contributed by atoms with E-state index in [9.17, 15) is 5.11 Å². The van der Waals surface area contributed by atoms with Crippen molar-refractivity contribution >= 4 is 0 Å². The lowest BCUT2D eigenvalue weighted by Gasteiger charge is -2.53. The van der Waals surface area contributed by atoms with Gasteiger partial charge in [-0.25, -0.2) is 0 Å². The van der Waals surface area contributed by atoms with Crippen LogP contribution >= 0.6 is 0 Å². The summed E-state index contributed by atoms with van der Waals surface area (Å²) in [4.78, 5) is 0. The van der Waals surface area contributed by atoms with Crippen LogP contribution in [0.3, 0.4) is 0 Å². The Morgan fingerprint density at radius 1 is 1.00 bits per heavy atom. The lowest BCUT2D eigenvalue weighted by molar-refractivity contribution is -0.119. The first-order chi connectivity index (χ1) is 13.0. The molecule has 2 aromatic rings. The maximum Gasteiger partial charge on any atom is 0.0774 e. The van der Waals surface area contributed by atoms with E-state index < -0.39 is 5.60 Å². The van der Waals surface area contributed by atoms with Crippen LogP contribution in [0.5, 0.6) is 0 Å². The lowest BCUT2D eigenvalue weighted by Crippen LogP contribution is -2.58. The number of piperidine rings is 1. The standard InChI is InChI=1S/C25H33NO/c1-5-12-22-24(21-15-10-7-11-16-21)26-23(20-13-8-6-9-14-20)19(4)25(22,27)17-18(2)3/h6-11,13-16,19,22-24,26-27H,2,5,12,17H2,1,3-4H3/t19-,22+,23-,24+,25+/m1/s1. The Bertz CT molecular complexity index is 741. The molecule has 0 radical (unpaired) electrons. The quantitative estimate of drug-likeness (QED) is 0.634. The van der Waals surface area contributed by atoms with E-state index in [4.69, 9.17) is 0 Å². The van der Waals surface area contributed by atoms with Gasteiger partial charge in [-0.05, 0) is 30.9 Å². The SMILES string of the molecule is C=C(C)C[C@]1(O)[C@H](C)[C@H](c2ccccc2)N[C@@H](c2ccccc2)[C@@H]1CCC. The largest absolute Gasteiger partial charge is 0.389 e. The molecule has 0 aromatic heterocycles. The van der Waals surface area contributed by atoms with Crippen molar-refractivity contribution in [3.8, 4) is 0 Å². The second kappa shape index (κ2) is 8.41. The van der Waals surface area contributed by atoms with Crippen LogP contribution < -0.4 is 5.32 Å². The van der Waals surface area contributed by atoms with Gasteiger partial charge >= 0.3 is 0 Å². The molecule has 1 fully saturated rings. The third-order valence-corrected chi connectivity index (χ3v) is 6.19. The minimum Gasteiger partial charge on any atom is -0.389 e. The molecule has 0 spiro atoms. The molecule has 1 saturated heterocycles. The zero-order chi connectivity index (χ0) is 19.4. The van der Waals surface area contributed by atoms with Crippen LogP contribution in [0.2, 0.25) is 0 Å². The molecular weight excluding hydrogens is 330 g/mol. The molecule has 1 aliphatic heterocycles. The minimum atomic E-state index is -0.784. The molecule has 3 rings (SSSR count). The van der Waals surface area contributed by atoms with Crippen molar-refractivity contribution < 1.29 is 5.11 Å². The van der Waals surface area contributed by atoms with Crippen molar-refractivity contribution in [1.82, 2.24) is 5.32 Å². The van der Waals surface area contributed by atoms with Gasteiger partial charge in [-0.15, -0.1) is 6.58 Å². The summed E-state index contributed by atoms with van der Waals surface area (Å²) in [7, 11) is 0. The maximum atomic E-state index is 12.1. The molecule has 0 saturated carbocycles. The van der Waals surface area contributed by atoms with Gasteiger partial charge in [0.2, 0.25) is 0 Å². The second-order valence-electron chi connectivity index (χ2n) is 8.25. The number of rotatable bonds is 6. The van der Waals surface area contributed by atoms with E-state index in [0.717, 1.165) is 18.4 Å². The average molecular weight is 364 g/mol. The summed E-state index contributed by atoms with van der Waals surface area (Å²) < 4.78 is 0. The van der Waals surface area contributed by atoms with Crippen molar-refractivity contribution in [3.63, 3.8) is 0 Å². The van der Waals surface area contributed by atoms with E-state index in [0.29, 0.717) is 6.42 Å². The van der Waals surface area contributed by atoms with Crippen molar-refractivity contribution in [2.45, 2.75) is 57.7 Å². The fraction of sp³-hybridized carbons (Fsp3) is 0.440. The first-order valence-electron chi connectivity index (χ1n) is 10.2. The third-order valence-electron chi connectivity index (χ3n) is 6.19. The maximum absolute atomic E-state index is 12.1. The molecule has 2 aromatic carbocycles. The Balaban J connectivity index is 2.09. The minimum absolute atomic E-state index is 0.0908. The Kier molecular flexibility index (Phi) is 6.18. The lowest BCUT2D eigenvalue weighted by atomic mass is 9.62. The summed E-state index contributed by atoms with van der Waals surface area (Å²) in [6, 6.07) is 21.4. The van der Waals surface area contributed by atoms with Gasteiger partial charge in [-0.2, -0.15) is 0 Å². The Morgan fingerprint density at radius 2 is 1.52 bits per heavy atom. The van der Waals surface area contributed by atoms with Crippen molar-refractivity contribution in [1.29, 1.82) is 0 Å². The summed E-state index contributed by atoms with van der Waals surface area (Å²) in [5.74, 6) is 0.240. The van der Waals surface area contributed by atoms with E-state index >= 15 is 0 Å². The van der Waals surface area contributed by atoms with Gasteiger partial charge in [-0.1, -0.05) is 86.5 Å². The van der Waals surface area contributed by atoms with Crippen LogP contribution in [0.1, 0.15) is 63.2 Å². The molecule has 2 N–H and O–H groups in total. The highest BCUT2D eigenvalue weighted by molar-refractivity contribution is 5.28. The fourth-order valence-electron chi connectivity index (χ4n) is 4.91. The Hall–Kier alpha value is -1.90. The third kappa shape index (κ3) is 4.02. The summed E-state index contributed by atoms with van der Waals surface area (Å²) in [5, 5.41) is 16.0. The van der Waals surface area contributed by atoms with Crippen LogP contribution in [0.15, 0.2) is 72.8 Å². The van der Waals surface area contributed by atoms with Crippen LogP contribution in [0.4, 0.5) is 0 Å². The first kappa shape index (κ1) is 19.9. The smallest absolute Gasteiger partial charge is 0.0774 e.